The third kappa shape index (κ3) is 3.10. The number of hydrogen-bond acceptors (Lipinski definition) is 5. The van der Waals surface area contributed by atoms with Gasteiger partial charge >= 0.3 is 0 Å². The Labute approximate surface area is 152 Å². The first kappa shape index (κ1) is 16.8. The highest BCUT2D eigenvalue weighted by atomic mass is 16.1. The van der Waals surface area contributed by atoms with E-state index in [4.69, 9.17) is 4.98 Å². The number of piperazine rings is 1. The molecule has 1 aliphatic rings. The largest absolute Gasteiger partial charge is 0.368 e. The number of anilines is 1. The second kappa shape index (κ2) is 6.92. The molecule has 7 nitrogen and oxygen atoms in total. The summed E-state index contributed by atoms with van der Waals surface area (Å²) in [5.41, 5.74) is 3.11. The van der Waals surface area contributed by atoms with Crippen molar-refractivity contribution in [3.63, 3.8) is 0 Å². The van der Waals surface area contributed by atoms with E-state index in [1.165, 1.54) is 10.2 Å². The van der Waals surface area contributed by atoms with Crippen LogP contribution in [0, 0.1) is 0 Å². The van der Waals surface area contributed by atoms with Gasteiger partial charge in [-0.2, -0.15) is 5.10 Å². The van der Waals surface area contributed by atoms with Crippen molar-refractivity contribution in [3.8, 4) is 0 Å². The summed E-state index contributed by atoms with van der Waals surface area (Å²) in [7, 11) is 1.67. The Bertz CT molecular complexity index is 968. The lowest BCUT2D eigenvalue weighted by atomic mass is 10.3. The summed E-state index contributed by atoms with van der Waals surface area (Å²) in [5.74, 6) is 1.12. The molecule has 4 rings (SSSR count). The summed E-state index contributed by atoms with van der Waals surface area (Å²) >= 11 is 0. The van der Waals surface area contributed by atoms with Crippen molar-refractivity contribution < 1.29 is 0 Å². The number of aromatic nitrogens is 4. The van der Waals surface area contributed by atoms with Crippen molar-refractivity contribution in [2.75, 3.05) is 31.1 Å². The van der Waals surface area contributed by atoms with Gasteiger partial charge in [0.2, 0.25) is 0 Å². The molecule has 1 saturated heterocycles. The maximum atomic E-state index is 11.8. The van der Waals surface area contributed by atoms with Crippen LogP contribution in [-0.4, -0.2) is 50.4 Å². The molecule has 0 atom stereocenters. The number of hydrogen-bond donors (Lipinski definition) is 0. The Morgan fingerprint density at radius 2 is 1.88 bits per heavy atom. The van der Waals surface area contributed by atoms with Crippen molar-refractivity contribution in [1.82, 2.24) is 24.2 Å². The van der Waals surface area contributed by atoms with E-state index in [9.17, 15) is 4.79 Å². The van der Waals surface area contributed by atoms with E-state index in [1.54, 1.807) is 19.3 Å². The molecule has 26 heavy (non-hydrogen) atoms. The van der Waals surface area contributed by atoms with E-state index in [0.29, 0.717) is 0 Å². The fourth-order valence-electron chi connectivity index (χ4n) is 3.60. The highest BCUT2D eigenvalue weighted by molar-refractivity contribution is 5.75. The molecule has 7 heteroatoms. The summed E-state index contributed by atoms with van der Waals surface area (Å²) in [4.78, 5) is 21.3. The Hall–Kier alpha value is -2.67. The molecule has 0 bridgehead atoms. The number of imidazole rings is 1. The van der Waals surface area contributed by atoms with Crippen LogP contribution in [0.3, 0.4) is 0 Å². The van der Waals surface area contributed by atoms with Gasteiger partial charge in [-0.15, -0.1) is 0 Å². The van der Waals surface area contributed by atoms with Gasteiger partial charge in [-0.1, -0.05) is 12.1 Å². The summed E-state index contributed by atoms with van der Waals surface area (Å²) in [6.07, 6.45) is 1.77. The lowest BCUT2D eigenvalue weighted by molar-refractivity contribution is 0.241. The van der Waals surface area contributed by atoms with E-state index in [1.807, 2.05) is 6.07 Å². The zero-order valence-corrected chi connectivity index (χ0v) is 15.3. The van der Waals surface area contributed by atoms with E-state index in [2.05, 4.69) is 44.6 Å². The van der Waals surface area contributed by atoms with Crippen LogP contribution in [0.25, 0.3) is 11.0 Å². The predicted octanol–water partition coefficient (Wildman–Crippen LogP) is 1.47. The zero-order chi connectivity index (χ0) is 18.1. The number of aryl methyl sites for hydroxylation is 2. The van der Waals surface area contributed by atoms with Gasteiger partial charge in [0, 0.05) is 45.8 Å². The van der Waals surface area contributed by atoms with E-state index < -0.39 is 0 Å². The molecular formula is C19H24N6O. The summed E-state index contributed by atoms with van der Waals surface area (Å²) in [6, 6.07) is 9.98. The molecule has 3 heterocycles. The highest BCUT2D eigenvalue weighted by Gasteiger charge is 2.20. The van der Waals surface area contributed by atoms with Gasteiger partial charge < -0.3 is 9.47 Å². The molecule has 1 fully saturated rings. The van der Waals surface area contributed by atoms with E-state index in [0.717, 1.165) is 56.3 Å². The fourth-order valence-corrected chi connectivity index (χ4v) is 3.60. The van der Waals surface area contributed by atoms with Crippen molar-refractivity contribution in [1.29, 1.82) is 0 Å². The Balaban J connectivity index is 1.45. The standard InChI is InChI=1S/C19H24N6O/c1-3-25-17-7-5-4-6-16(17)21-18(25)14-23-8-10-24(11-9-23)15-12-19(26)22(2)20-13-15/h4-7,12-13H,3,8-11,14H2,1-2H3. The molecule has 2 aromatic heterocycles. The molecule has 3 aromatic rings. The van der Waals surface area contributed by atoms with Crippen molar-refractivity contribution >= 4 is 16.7 Å². The van der Waals surface area contributed by atoms with Crippen LogP contribution in [-0.2, 0) is 20.1 Å². The van der Waals surface area contributed by atoms with Crippen molar-refractivity contribution in [2.45, 2.75) is 20.0 Å². The monoisotopic (exact) mass is 352 g/mol. The first-order valence-corrected chi connectivity index (χ1v) is 9.10. The minimum atomic E-state index is -0.0680. The molecule has 0 N–H and O–H groups in total. The summed E-state index contributed by atoms with van der Waals surface area (Å²) in [5, 5.41) is 4.12. The van der Waals surface area contributed by atoms with Gasteiger partial charge in [0.25, 0.3) is 5.56 Å². The minimum absolute atomic E-state index is 0.0680. The van der Waals surface area contributed by atoms with Crippen LogP contribution in [0.2, 0.25) is 0 Å². The van der Waals surface area contributed by atoms with Crippen molar-refractivity contribution in [2.24, 2.45) is 7.05 Å². The van der Waals surface area contributed by atoms with Gasteiger partial charge in [-0.25, -0.2) is 9.67 Å². The molecule has 0 amide bonds. The van der Waals surface area contributed by atoms with Crippen LogP contribution in [0.4, 0.5) is 5.69 Å². The SMILES string of the molecule is CCn1c(CN2CCN(c3cnn(C)c(=O)c3)CC2)nc2ccccc21. The second-order valence-electron chi connectivity index (χ2n) is 6.70. The number of fused-ring (bicyclic) bond motifs is 1. The smallest absolute Gasteiger partial charge is 0.268 e. The highest BCUT2D eigenvalue weighted by Crippen LogP contribution is 2.19. The molecule has 0 saturated carbocycles. The number of rotatable bonds is 4. The van der Waals surface area contributed by atoms with E-state index in [-0.39, 0.29) is 5.56 Å². The van der Waals surface area contributed by atoms with Gasteiger partial charge in [-0.05, 0) is 19.1 Å². The maximum absolute atomic E-state index is 11.8. The lowest BCUT2D eigenvalue weighted by Crippen LogP contribution is -2.46. The van der Waals surface area contributed by atoms with Gasteiger partial charge in [0.15, 0.2) is 0 Å². The number of para-hydroxylation sites is 2. The summed E-state index contributed by atoms with van der Waals surface area (Å²) in [6.45, 7) is 7.62. The second-order valence-corrected chi connectivity index (χ2v) is 6.70. The number of nitrogens with zero attached hydrogens (tertiary/aromatic N) is 6. The topological polar surface area (TPSA) is 59.2 Å². The van der Waals surface area contributed by atoms with Gasteiger partial charge in [0.1, 0.15) is 5.82 Å². The van der Waals surface area contributed by atoms with Crippen LogP contribution in [0.15, 0.2) is 41.3 Å². The molecular weight excluding hydrogens is 328 g/mol. The first-order valence-electron chi connectivity index (χ1n) is 9.10. The first-order chi connectivity index (χ1) is 12.7. The van der Waals surface area contributed by atoms with E-state index >= 15 is 0 Å². The minimum Gasteiger partial charge on any atom is -0.368 e. The Kier molecular flexibility index (Phi) is 4.46. The zero-order valence-electron chi connectivity index (χ0n) is 15.3. The average molecular weight is 352 g/mol. The molecule has 136 valence electrons. The van der Waals surface area contributed by atoms with Gasteiger partial charge in [0.05, 0.1) is 29.5 Å². The molecule has 1 aliphatic heterocycles. The fraction of sp³-hybridized carbons (Fsp3) is 0.421. The maximum Gasteiger partial charge on any atom is 0.268 e. The van der Waals surface area contributed by atoms with Crippen LogP contribution in [0.5, 0.6) is 0 Å². The molecule has 0 radical (unpaired) electrons. The summed E-state index contributed by atoms with van der Waals surface area (Å²) < 4.78 is 3.65. The van der Waals surface area contributed by atoms with Crippen LogP contribution >= 0.6 is 0 Å². The molecule has 1 aromatic carbocycles. The van der Waals surface area contributed by atoms with Crippen LogP contribution < -0.4 is 10.5 Å². The lowest BCUT2D eigenvalue weighted by Gasteiger charge is -2.35. The molecule has 0 unspecified atom stereocenters. The van der Waals surface area contributed by atoms with Crippen LogP contribution in [0.1, 0.15) is 12.7 Å². The van der Waals surface area contributed by atoms with Crippen molar-refractivity contribution in [3.05, 3.63) is 52.7 Å². The quantitative estimate of drug-likeness (QED) is 0.712. The Morgan fingerprint density at radius 1 is 1.12 bits per heavy atom. The Morgan fingerprint density at radius 3 is 2.62 bits per heavy atom. The third-order valence-electron chi connectivity index (χ3n) is 5.11. The molecule has 0 spiro atoms. The average Bonchev–Trinajstić information content (AvgIpc) is 3.01. The number of benzene rings is 1. The third-order valence-corrected chi connectivity index (χ3v) is 5.11. The van der Waals surface area contributed by atoms with Gasteiger partial charge in [-0.3, -0.25) is 9.69 Å². The molecule has 0 aliphatic carbocycles. The predicted molar refractivity (Wildman–Crippen MR) is 102 cm³/mol. The normalized spacial score (nSPS) is 15.7.